The number of rotatable bonds is 5. The van der Waals surface area contributed by atoms with Gasteiger partial charge in [-0.1, -0.05) is 0 Å². The number of hydrogen-bond donors (Lipinski definition) is 3. The van der Waals surface area contributed by atoms with Crippen molar-refractivity contribution < 1.29 is 9.90 Å². The standard InChI is InChI=1S/C13H20N4O2/c1-10-11(13(18)19)2-3-12(16-10)15-6-9-17-7-4-14-5-8-17/h2-3,14H,4-9H2,1H3,(H,15,16)(H,18,19). The zero-order valence-corrected chi connectivity index (χ0v) is 11.1. The van der Waals surface area contributed by atoms with E-state index < -0.39 is 5.97 Å². The van der Waals surface area contributed by atoms with E-state index in [2.05, 4.69) is 20.5 Å². The van der Waals surface area contributed by atoms with Gasteiger partial charge in [0, 0.05) is 39.3 Å². The fourth-order valence-electron chi connectivity index (χ4n) is 2.16. The van der Waals surface area contributed by atoms with Crippen LogP contribution in [0.15, 0.2) is 12.1 Å². The predicted molar refractivity (Wildman–Crippen MR) is 73.7 cm³/mol. The number of carbonyl (C=O) groups is 1. The van der Waals surface area contributed by atoms with Gasteiger partial charge in [-0.25, -0.2) is 9.78 Å². The lowest BCUT2D eigenvalue weighted by Gasteiger charge is -2.27. The highest BCUT2D eigenvalue weighted by Crippen LogP contribution is 2.10. The van der Waals surface area contributed by atoms with E-state index in [1.54, 1.807) is 19.1 Å². The molecule has 1 fully saturated rings. The molecule has 0 unspecified atom stereocenters. The summed E-state index contributed by atoms with van der Waals surface area (Å²) in [5, 5.41) is 15.5. The second kappa shape index (κ2) is 6.49. The number of aryl methyl sites for hydroxylation is 1. The molecule has 0 aliphatic carbocycles. The quantitative estimate of drug-likeness (QED) is 0.715. The van der Waals surface area contributed by atoms with Crippen molar-refractivity contribution in [3.63, 3.8) is 0 Å². The van der Waals surface area contributed by atoms with Crippen molar-refractivity contribution in [1.29, 1.82) is 0 Å². The fraction of sp³-hybridized carbons (Fsp3) is 0.538. The molecule has 19 heavy (non-hydrogen) atoms. The van der Waals surface area contributed by atoms with Crippen molar-refractivity contribution in [3.8, 4) is 0 Å². The van der Waals surface area contributed by atoms with Gasteiger partial charge in [-0.15, -0.1) is 0 Å². The molecule has 2 heterocycles. The van der Waals surface area contributed by atoms with E-state index in [4.69, 9.17) is 5.11 Å². The average molecular weight is 264 g/mol. The zero-order valence-electron chi connectivity index (χ0n) is 11.1. The number of nitrogens with zero attached hydrogens (tertiary/aromatic N) is 2. The summed E-state index contributed by atoms with van der Waals surface area (Å²) in [7, 11) is 0. The van der Waals surface area contributed by atoms with Gasteiger partial charge < -0.3 is 15.7 Å². The minimum absolute atomic E-state index is 0.257. The third-order valence-electron chi connectivity index (χ3n) is 3.26. The van der Waals surface area contributed by atoms with E-state index in [1.807, 2.05) is 0 Å². The molecule has 6 heteroatoms. The van der Waals surface area contributed by atoms with Gasteiger partial charge in [0.1, 0.15) is 5.82 Å². The fourth-order valence-corrected chi connectivity index (χ4v) is 2.16. The summed E-state index contributed by atoms with van der Waals surface area (Å²) in [6.07, 6.45) is 0. The number of carboxylic acids is 1. The normalized spacial score (nSPS) is 16.3. The van der Waals surface area contributed by atoms with Crippen LogP contribution in [-0.2, 0) is 0 Å². The topological polar surface area (TPSA) is 77.5 Å². The molecule has 1 saturated heterocycles. The minimum Gasteiger partial charge on any atom is -0.478 e. The van der Waals surface area contributed by atoms with Crippen molar-refractivity contribution >= 4 is 11.8 Å². The lowest BCUT2D eigenvalue weighted by molar-refractivity contribution is 0.0695. The van der Waals surface area contributed by atoms with Crippen LogP contribution in [0.2, 0.25) is 0 Å². The Kier molecular flexibility index (Phi) is 4.70. The third-order valence-corrected chi connectivity index (χ3v) is 3.26. The largest absolute Gasteiger partial charge is 0.478 e. The number of aromatic nitrogens is 1. The smallest absolute Gasteiger partial charge is 0.337 e. The Balaban J connectivity index is 1.82. The van der Waals surface area contributed by atoms with Gasteiger partial charge in [0.15, 0.2) is 0 Å². The molecule has 1 aromatic rings. The molecule has 0 amide bonds. The number of carboxylic acid groups (broad SMARTS) is 1. The molecule has 3 N–H and O–H groups in total. The van der Waals surface area contributed by atoms with Gasteiger partial charge in [0.2, 0.25) is 0 Å². The highest BCUT2D eigenvalue weighted by atomic mass is 16.4. The molecule has 6 nitrogen and oxygen atoms in total. The molecule has 104 valence electrons. The Morgan fingerprint density at radius 2 is 2.21 bits per heavy atom. The van der Waals surface area contributed by atoms with E-state index in [9.17, 15) is 4.79 Å². The van der Waals surface area contributed by atoms with Crippen molar-refractivity contribution in [2.45, 2.75) is 6.92 Å². The maximum absolute atomic E-state index is 10.9. The van der Waals surface area contributed by atoms with Crippen LogP contribution < -0.4 is 10.6 Å². The monoisotopic (exact) mass is 264 g/mol. The van der Waals surface area contributed by atoms with Gasteiger partial charge in [0.05, 0.1) is 11.3 Å². The predicted octanol–water partition coefficient (Wildman–Crippen LogP) is 0.405. The number of aromatic carboxylic acids is 1. The Hall–Kier alpha value is -1.66. The first-order chi connectivity index (χ1) is 9.16. The molecule has 0 atom stereocenters. The van der Waals surface area contributed by atoms with Crippen LogP contribution >= 0.6 is 0 Å². The Bertz CT molecular complexity index is 444. The molecule has 0 spiro atoms. The SMILES string of the molecule is Cc1nc(NCCN2CCNCC2)ccc1C(=O)O. The van der Waals surface area contributed by atoms with E-state index >= 15 is 0 Å². The Morgan fingerprint density at radius 1 is 1.47 bits per heavy atom. The van der Waals surface area contributed by atoms with Crippen LogP contribution in [0.4, 0.5) is 5.82 Å². The second-order valence-corrected chi connectivity index (χ2v) is 4.65. The van der Waals surface area contributed by atoms with Gasteiger partial charge in [-0.3, -0.25) is 4.90 Å². The summed E-state index contributed by atoms with van der Waals surface area (Å²) in [5.41, 5.74) is 0.798. The van der Waals surface area contributed by atoms with Crippen LogP contribution in [0.3, 0.4) is 0 Å². The summed E-state index contributed by atoms with van der Waals surface area (Å²) < 4.78 is 0. The molecule has 0 radical (unpaired) electrons. The van der Waals surface area contributed by atoms with Crippen molar-refractivity contribution in [2.24, 2.45) is 0 Å². The van der Waals surface area contributed by atoms with Crippen LogP contribution in [0.1, 0.15) is 16.1 Å². The summed E-state index contributed by atoms with van der Waals surface area (Å²) in [6.45, 7) is 7.75. The second-order valence-electron chi connectivity index (χ2n) is 4.65. The first-order valence-corrected chi connectivity index (χ1v) is 6.54. The van der Waals surface area contributed by atoms with Gasteiger partial charge in [-0.05, 0) is 19.1 Å². The highest BCUT2D eigenvalue weighted by Gasteiger charge is 2.10. The number of piperazine rings is 1. The molecule has 1 aromatic heterocycles. The third kappa shape index (κ3) is 3.90. The Labute approximate surface area is 112 Å². The summed E-state index contributed by atoms with van der Waals surface area (Å²) in [4.78, 5) is 17.5. The van der Waals surface area contributed by atoms with Crippen molar-refractivity contribution in [2.75, 3.05) is 44.6 Å². The van der Waals surface area contributed by atoms with E-state index in [-0.39, 0.29) is 5.56 Å². The van der Waals surface area contributed by atoms with Crippen molar-refractivity contribution in [3.05, 3.63) is 23.4 Å². The molecule has 1 aliphatic heterocycles. The first kappa shape index (κ1) is 13.8. The molecule has 0 bridgehead atoms. The minimum atomic E-state index is -0.933. The molecule has 0 saturated carbocycles. The molecule has 2 rings (SSSR count). The summed E-state index contributed by atoms with van der Waals surface area (Å²) in [5.74, 6) is -0.199. The number of pyridine rings is 1. The van der Waals surface area contributed by atoms with E-state index in [1.165, 1.54) is 0 Å². The number of anilines is 1. The number of hydrogen-bond acceptors (Lipinski definition) is 5. The van der Waals surface area contributed by atoms with Gasteiger partial charge in [0.25, 0.3) is 0 Å². The van der Waals surface area contributed by atoms with Crippen LogP contribution in [-0.4, -0.2) is 60.2 Å². The van der Waals surface area contributed by atoms with Crippen LogP contribution in [0.25, 0.3) is 0 Å². The maximum Gasteiger partial charge on any atom is 0.337 e. The molecule has 1 aliphatic rings. The number of nitrogens with one attached hydrogen (secondary N) is 2. The first-order valence-electron chi connectivity index (χ1n) is 6.54. The Morgan fingerprint density at radius 3 is 2.84 bits per heavy atom. The molecular formula is C13H20N4O2. The zero-order chi connectivity index (χ0) is 13.7. The van der Waals surface area contributed by atoms with Gasteiger partial charge >= 0.3 is 5.97 Å². The van der Waals surface area contributed by atoms with Gasteiger partial charge in [-0.2, -0.15) is 0 Å². The van der Waals surface area contributed by atoms with E-state index in [0.29, 0.717) is 5.69 Å². The maximum atomic E-state index is 10.9. The van der Waals surface area contributed by atoms with Crippen LogP contribution in [0.5, 0.6) is 0 Å². The van der Waals surface area contributed by atoms with Crippen molar-refractivity contribution in [1.82, 2.24) is 15.2 Å². The van der Waals surface area contributed by atoms with Crippen LogP contribution in [0, 0.1) is 6.92 Å². The summed E-state index contributed by atoms with van der Waals surface area (Å²) >= 11 is 0. The van der Waals surface area contributed by atoms with E-state index in [0.717, 1.165) is 45.1 Å². The molecular weight excluding hydrogens is 244 g/mol. The average Bonchev–Trinajstić information content (AvgIpc) is 2.39. The molecule has 0 aromatic carbocycles. The highest BCUT2D eigenvalue weighted by molar-refractivity contribution is 5.89. The lowest BCUT2D eigenvalue weighted by Crippen LogP contribution is -2.45. The lowest BCUT2D eigenvalue weighted by atomic mass is 10.2. The summed E-state index contributed by atoms with van der Waals surface area (Å²) in [6, 6.07) is 3.31.